The van der Waals surface area contributed by atoms with Crippen LogP contribution in [0.2, 0.25) is 0 Å². The smallest absolute Gasteiger partial charge is 0.251 e. The molecule has 0 fully saturated rings. The molecule has 2 rings (SSSR count). The molecule has 18 heavy (non-hydrogen) atoms. The van der Waals surface area contributed by atoms with Crippen LogP contribution in [0.15, 0.2) is 48.8 Å². The summed E-state index contributed by atoms with van der Waals surface area (Å²) in [5.74, 6) is 0.649. The average molecular weight is 242 g/mol. The maximum Gasteiger partial charge on any atom is 0.251 e. The molecule has 1 heterocycles. The molecular formula is C14H14N2O2. The number of hydrogen-bond donors (Lipinski definition) is 1. The molecule has 4 heteroatoms. The Morgan fingerprint density at radius 1 is 1.22 bits per heavy atom. The number of carbonyl (C=O) groups excluding carboxylic acids is 1. The fraction of sp³-hybridized carbons (Fsp3) is 0.143. The molecule has 0 spiro atoms. The Bertz CT molecular complexity index is 526. The molecule has 4 nitrogen and oxygen atoms in total. The van der Waals surface area contributed by atoms with Gasteiger partial charge < -0.3 is 10.1 Å². The molecular weight excluding hydrogens is 228 g/mol. The number of rotatable bonds is 4. The molecule has 92 valence electrons. The number of methoxy groups -OCH3 is 1. The van der Waals surface area contributed by atoms with Crippen molar-refractivity contribution in [2.24, 2.45) is 0 Å². The van der Waals surface area contributed by atoms with Crippen molar-refractivity contribution >= 4 is 5.91 Å². The second-order valence-electron chi connectivity index (χ2n) is 3.73. The van der Waals surface area contributed by atoms with Crippen LogP contribution in [0.3, 0.4) is 0 Å². The molecule has 0 radical (unpaired) electrons. The number of nitrogens with one attached hydrogen (secondary N) is 1. The van der Waals surface area contributed by atoms with Gasteiger partial charge in [-0.3, -0.25) is 9.78 Å². The van der Waals surface area contributed by atoms with Crippen molar-refractivity contribution < 1.29 is 9.53 Å². The molecule has 0 bridgehead atoms. The number of para-hydroxylation sites is 1. The predicted molar refractivity (Wildman–Crippen MR) is 68.4 cm³/mol. The Morgan fingerprint density at radius 3 is 2.67 bits per heavy atom. The summed E-state index contributed by atoms with van der Waals surface area (Å²) >= 11 is 0. The maximum absolute atomic E-state index is 11.8. The number of ether oxygens (including phenoxy) is 1. The normalized spacial score (nSPS) is 9.83. The van der Waals surface area contributed by atoms with E-state index in [1.165, 1.54) is 0 Å². The molecule has 1 aromatic heterocycles. The van der Waals surface area contributed by atoms with Gasteiger partial charge in [0.1, 0.15) is 5.75 Å². The molecule has 0 unspecified atom stereocenters. The van der Waals surface area contributed by atoms with Crippen LogP contribution in [0.1, 0.15) is 15.9 Å². The van der Waals surface area contributed by atoms with Crippen molar-refractivity contribution in [1.29, 1.82) is 0 Å². The van der Waals surface area contributed by atoms with E-state index in [0.29, 0.717) is 12.1 Å². The average Bonchev–Trinajstić information content (AvgIpc) is 2.46. The summed E-state index contributed by atoms with van der Waals surface area (Å²) in [7, 11) is 1.61. The van der Waals surface area contributed by atoms with Crippen LogP contribution in [0, 0.1) is 0 Å². The van der Waals surface area contributed by atoms with Crippen molar-refractivity contribution in [3.05, 3.63) is 59.9 Å². The number of pyridine rings is 1. The van der Waals surface area contributed by atoms with Crippen LogP contribution >= 0.6 is 0 Å². The molecule has 0 saturated heterocycles. The van der Waals surface area contributed by atoms with E-state index < -0.39 is 0 Å². The highest BCUT2D eigenvalue weighted by atomic mass is 16.5. The summed E-state index contributed by atoms with van der Waals surface area (Å²) in [6.45, 7) is 0.436. The zero-order valence-corrected chi connectivity index (χ0v) is 10.1. The van der Waals surface area contributed by atoms with E-state index in [1.807, 2.05) is 24.3 Å². The molecule has 0 aliphatic rings. The van der Waals surface area contributed by atoms with Gasteiger partial charge in [-0.1, -0.05) is 18.2 Å². The van der Waals surface area contributed by atoms with Gasteiger partial charge in [-0.25, -0.2) is 0 Å². The third kappa shape index (κ3) is 2.85. The van der Waals surface area contributed by atoms with Crippen molar-refractivity contribution in [2.75, 3.05) is 7.11 Å². The topological polar surface area (TPSA) is 51.2 Å². The van der Waals surface area contributed by atoms with Gasteiger partial charge in [-0.15, -0.1) is 0 Å². The summed E-state index contributed by atoms with van der Waals surface area (Å²) in [6, 6.07) is 11.0. The first kappa shape index (κ1) is 12.1. The number of amides is 1. The summed E-state index contributed by atoms with van der Waals surface area (Å²) in [6.07, 6.45) is 3.19. The van der Waals surface area contributed by atoms with Gasteiger partial charge in [0.25, 0.3) is 5.91 Å². The van der Waals surface area contributed by atoms with Gasteiger partial charge in [0.15, 0.2) is 0 Å². The minimum atomic E-state index is -0.122. The second kappa shape index (κ2) is 5.82. The van der Waals surface area contributed by atoms with E-state index in [2.05, 4.69) is 10.3 Å². The van der Waals surface area contributed by atoms with Crippen LogP contribution in [-0.4, -0.2) is 18.0 Å². The summed E-state index contributed by atoms with van der Waals surface area (Å²) < 4.78 is 5.22. The standard InChI is InChI=1S/C14H14N2O2/c1-18-13-5-3-2-4-12(13)10-16-14(17)11-6-8-15-9-7-11/h2-9H,10H2,1H3,(H,16,17). The highest BCUT2D eigenvalue weighted by molar-refractivity contribution is 5.93. The molecule has 1 amide bonds. The first-order valence-electron chi connectivity index (χ1n) is 5.61. The Morgan fingerprint density at radius 2 is 1.94 bits per heavy atom. The van der Waals surface area contributed by atoms with Crippen molar-refractivity contribution in [1.82, 2.24) is 10.3 Å². The molecule has 2 aromatic rings. The van der Waals surface area contributed by atoms with E-state index in [-0.39, 0.29) is 5.91 Å². The van der Waals surface area contributed by atoms with E-state index in [4.69, 9.17) is 4.74 Å². The van der Waals surface area contributed by atoms with E-state index in [0.717, 1.165) is 11.3 Å². The summed E-state index contributed by atoms with van der Waals surface area (Å²) in [4.78, 5) is 15.7. The predicted octanol–water partition coefficient (Wildman–Crippen LogP) is 2.02. The number of carbonyl (C=O) groups is 1. The first-order chi connectivity index (χ1) is 8.81. The van der Waals surface area contributed by atoms with E-state index >= 15 is 0 Å². The van der Waals surface area contributed by atoms with Crippen molar-refractivity contribution in [3.63, 3.8) is 0 Å². The minimum absolute atomic E-state index is 0.122. The first-order valence-corrected chi connectivity index (χ1v) is 5.61. The highest BCUT2D eigenvalue weighted by Crippen LogP contribution is 2.16. The third-order valence-corrected chi connectivity index (χ3v) is 2.57. The summed E-state index contributed by atoms with van der Waals surface area (Å²) in [5.41, 5.74) is 1.54. The largest absolute Gasteiger partial charge is 0.496 e. The molecule has 0 aliphatic carbocycles. The number of hydrogen-bond acceptors (Lipinski definition) is 3. The fourth-order valence-electron chi connectivity index (χ4n) is 1.63. The quantitative estimate of drug-likeness (QED) is 0.892. The van der Waals surface area contributed by atoms with Gasteiger partial charge in [0, 0.05) is 30.1 Å². The maximum atomic E-state index is 11.8. The summed E-state index contributed by atoms with van der Waals surface area (Å²) in [5, 5.41) is 2.84. The highest BCUT2D eigenvalue weighted by Gasteiger charge is 2.06. The van der Waals surface area contributed by atoms with Crippen molar-refractivity contribution in [2.45, 2.75) is 6.54 Å². The number of aromatic nitrogens is 1. The lowest BCUT2D eigenvalue weighted by Crippen LogP contribution is -2.22. The van der Waals surface area contributed by atoms with Crippen LogP contribution in [0.25, 0.3) is 0 Å². The van der Waals surface area contributed by atoms with Gasteiger partial charge >= 0.3 is 0 Å². The minimum Gasteiger partial charge on any atom is -0.496 e. The van der Waals surface area contributed by atoms with Crippen LogP contribution in [0.5, 0.6) is 5.75 Å². The molecule has 0 aliphatic heterocycles. The Labute approximate surface area is 106 Å². The van der Waals surface area contributed by atoms with Crippen LogP contribution in [-0.2, 0) is 6.54 Å². The molecule has 0 saturated carbocycles. The fourth-order valence-corrected chi connectivity index (χ4v) is 1.63. The SMILES string of the molecule is COc1ccccc1CNC(=O)c1ccncc1. The zero-order chi connectivity index (χ0) is 12.8. The van der Waals surface area contributed by atoms with E-state index in [1.54, 1.807) is 31.6 Å². The van der Waals surface area contributed by atoms with Gasteiger partial charge in [0.2, 0.25) is 0 Å². The molecule has 1 aromatic carbocycles. The zero-order valence-electron chi connectivity index (χ0n) is 10.1. The van der Waals surface area contributed by atoms with Crippen LogP contribution in [0.4, 0.5) is 0 Å². The van der Waals surface area contributed by atoms with Gasteiger partial charge in [-0.05, 0) is 18.2 Å². The number of nitrogens with zero attached hydrogens (tertiary/aromatic N) is 1. The Balaban J connectivity index is 2.02. The monoisotopic (exact) mass is 242 g/mol. The van der Waals surface area contributed by atoms with E-state index in [9.17, 15) is 4.79 Å². The molecule has 1 N–H and O–H groups in total. The molecule has 0 atom stereocenters. The Kier molecular flexibility index (Phi) is 3.91. The lowest BCUT2D eigenvalue weighted by atomic mass is 10.2. The van der Waals surface area contributed by atoms with Crippen molar-refractivity contribution in [3.8, 4) is 5.75 Å². The third-order valence-electron chi connectivity index (χ3n) is 2.57. The second-order valence-corrected chi connectivity index (χ2v) is 3.73. The Hall–Kier alpha value is -2.36. The lowest BCUT2D eigenvalue weighted by molar-refractivity contribution is 0.0950. The lowest BCUT2D eigenvalue weighted by Gasteiger charge is -2.09. The van der Waals surface area contributed by atoms with Gasteiger partial charge in [-0.2, -0.15) is 0 Å². The van der Waals surface area contributed by atoms with Gasteiger partial charge in [0.05, 0.1) is 7.11 Å². The number of benzene rings is 1. The van der Waals surface area contributed by atoms with Crippen LogP contribution < -0.4 is 10.1 Å².